The third kappa shape index (κ3) is 1.33. The second kappa shape index (κ2) is 2.63. The van der Waals surface area contributed by atoms with Crippen molar-refractivity contribution in [2.75, 3.05) is 0 Å². The average molecular weight is 203 g/mol. The van der Waals surface area contributed by atoms with Gasteiger partial charge in [-0.15, -0.1) is 0 Å². The smallest absolute Gasteiger partial charge is 0.0913 e. The van der Waals surface area contributed by atoms with Crippen molar-refractivity contribution in [2.24, 2.45) is 0 Å². The van der Waals surface area contributed by atoms with Gasteiger partial charge >= 0.3 is 0 Å². The molecule has 0 unspecified atom stereocenters. The predicted octanol–water partition coefficient (Wildman–Crippen LogP) is 2.97. The summed E-state index contributed by atoms with van der Waals surface area (Å²) in [5.74, 6) is 0. The van der Waals surface area contributed by atoms with E-state index < -0.39 is 5.60 Å². The fraction of sp³-hybridized carbons (Fsp3) is 0.333. The lowest BCUT2D eigenvalue weighted by molar-refractivity contribution is 0.151. The van der Waals surface area contributed by atoms with Crippen LogP contribution in [0.2, 0.25) is 10.0 Å². The Kier molecular flexibility index (Phi) is 1.83. The van der Waals surface area contributed by atoms with E-state index in [9.17, 15) is 5.11 Å². The van der Waals surface area contributed by atoms with Gasteiger partial charge in [0.25, 0.3) is 0 Å². The summed E-state index contributed by atoms with van der Waals surface area (Å²) >= 11 is 11.6. The van der Waals surface area contributed by atoms with Crippen molar-refractivity contribution in [1.82, 2.24) is 0 Å². The van der Waals surface area contributed by atoms with Crippen LogP contribution >= 0.6 is 23.2 Å². The lowest BCUT2D eigenvalue weighted by Gasteiger charge is -2.09. The Morgan fingerprint density at radius 2 is 1.92 bits per heavy atom. The van der Waals surface area contributed by atoms with Crippen molar-refractivity contribution in [3.63, 3.8) is 0 Å². The highest BCUT2D eigenvalue weighted by molar-refractivity contribution is 6.35. The van der Waals surface area contributed by atoms with E-state index in [-0.39, 0.29) is 0 Å². The van der Waals surface area contributed by atoms with Crippen molar-refractivity contribution < 1.29 is 5.11 Å². The zero-order valence-electron chi connectivity index (χ0n) is 6.35. The minimum absolute atomic E-state index is 0.558. The van der Waals surface area contributed by atoms with Gasteiger partial charge < -0.3 is 5.11 Å². The Hall–Kier alpha value is -0.240. The standard InChI is InChI=1S/C9H8Cl2O/c10-6-1-2-7(8(11)5-6)9(12)3-4-9/h1-2,5,12H,3-4H2. The molecule has 0 spiro atoms. The van der Waals surface area contributed by atoms with Gasteiger partial charge in [0, 0.05) is 15.6 Å². The number of rotatable bonds is 1. The molecule has 0 aromatic heterocycles. The lowest BCUT2D eigenvalue weighted by Crippen LogP contribution is -2.04. The third-order valence-electron chi connectivity index (χ3n) is 2.16. The molecule has 1 N–H and O–H groups in total. The van der Waals surface area contributed by atoms with Gasteiger partial charge in [-0.3, -0.25) is 0 Å². The summed E-state index contributed by atoms with van der Waals surface area (Å²) in [5, 5.41) is 10.9. The van der Waals surface area contributed by atoms with E-state index in [0.717, 1.165) is 18.4 Å². The maximum Gasteiger partial charge on any atom is 0.0913 e. The zero-order chi connectivity index (χ0) is 8.77. The van der Waals surface area contributed by atoms with Crippen LogP contribution in [-0.4, -0.2) is 5.11 Å². The van der Waals surface area contributed by atoms with E-state index in [2.05, 4.69) is 0 Å². The number of benzene rings is 1. The third-order valence-corrected chi connectivity index (χ3v) is 2.70. The molecule has 0 heterocycles. The molecule has 0 aliphatic heterocycles. The van der Waals surface area contributed by atoms with Gasteiger partial charge in [0.2, 0.25) is 0 Å². The Labute approximate surface area is 80.9 Å². The maximum atomic E-state index is 9.74. The first kappa shape index (κ1) is 8.36. The maximum absolute atomic E-state index is 9.74. The van der Waals surface area contributed by atoms with Crippen molar-refractivity contribution in [2.45, 2.75) is 18.4 Å². The van der Waals surface area contributed by atoms with Crippen LogP contribution in [0.4, 0.5) is 0 Å². The monoisotopic (exact) mass is 202 g/mol. The Balaban J connectivity index is 2.45. The lowest BCUT2D eigenvalue weighted by atomic mass is 10.1. The Morgan fingerprint density at radius 1 is 1.25 bits per heavy atom. The first-order valence-electron chi connectivity index (χ1n) is 3.80. The highest BCUT2D eigenvalue weighted by Gasteiger charge is 2.43. The summed E-state index contributed by atoms with van der Waals surface area (Å²) < 4.78 is 0. The molecule has 2 rings (SSSR count). The van der Waals surface area contributed by atoms with Gasteiger partial charge in [-0.05, 0) is 25.0 Å². The van der Waals surface area contributed by atoms with Gasteiger partial charge in [-0.1, -0.05) is 29.3 Å². The van der Waals surface area contributed by atoms with Crippen LogP contribution in [0.3, 0.4) is 0 Å². The van der Waals surface area contributed by atoms with Crippen LogP contribution in [0.1, 0.15) is 18.4 Å². The van der Waals surface area contributed by atoms with Crippen molar-refractivity contribution in [3.05, 3.63) is 33.8 Å². The summed E-state index contributed by atoms with van der Waals surface area (Å²) in [7, 11) is 0. The van der Waals surface area contributed by atoms with Gasteiger partial charge in [0.05, 0.1) is 5.60 Å². The number of aliphatic hydroxyl groups is 1. The Morgan fingerprint density at radius 3 is 2.42 bits per heavy atom. The quantitative estimate of drug-likeness (QED) is 0.743. The minimum atomic E-state index is -0.665. The average Bonchev–Trinajstić information content (AvgIpc) is 2.68. The van der Waals surface area contributed by atoms with E-state index in [4.69, 9.17) is 23.2 Å². The summed E-state index contributed by atoms with van der Waals surface area (Å²) in [6.45, 7) is 0. The largest absolute Gasteiger partial charge is 0.385 e. The van der Waals surface area contributed by atoms with E-state index in [0.29, 0.717) is 10.0 Å². The van der Waals surface area contributed by atoms with E-state index in [1.807, 2.05) is 0 Å². The molecule has 0 bridgehead atoms. The van der Waals surface area contributed by atoms with Crippen LogP contribution in [0, 0.1) is 0 Å². The summed E-state index contributed by atoms with van der Waals surface area (Å²) in [6.07, 6.45) is 1.60. The molecule has 0 atom stereocenters. The normalized spacial score (nSPS) is 19.2. The summed E-state index contributed by atoms with van der Waals surface area (Å²) in [4.78, 5) is 0. The highest BCUT2D eigenvalue weighted by Crippen LogP contribution is 2.48. The van der Waals surface area contributed by atoms with Crippen LogP contribution in [0.15, 0.2) is 18.2 Å². The van der Waals surface area contributed by atoms with Gasteiger partial charge in [-0.25, -0.2) is 0 Å². The molecule has 1 aliphatic rings. The Bertz CT molecular complexity index is 318. The molecule has 1 aromatic rings. The molecule has 64 valence electrons. The first-order chi connectivity index (χ1) is 5.62. The second-order valence-electron chi connectivity index (χ2n) is 3.16. The second-order valence-corrected chi connectivity index (χ2v) is 4.00. The molecule has 12 heavy (non-hydrogen) atoms. The van der Waals surface area contributed by atoms with Crippen LogP contribution in [0.25, 0.3) is 0 Å². The summed E-state index contributed by atoms with van der Waals surface area (Å²) in [5.41, 5.74) is 0.135. The van der Waals surface area contributed by atoms with Crippen molar-refractivity contribution in [1.29, 1.82) is 0 Å². The number of hydrogen-bond donors (Lipinski definition) is 1. The van der Waals surface area contributed by atoms with E-state index >= 15 is 0 Å². The molecule has 1 fully saturated rings. The molecular weight excluding hydrogens is 195 g/mol. The highest BCUT2D eigenvalue weighted by atomic mass is 35.5. The minimum Gasteiger partial charge on any atom is -0.385 e. The molecule has 1 aromatic carbocycles. The van der Waals surface area contributed by atoms with Gasteiger partial charge in [0.15, 0.2) is 0 Å². The molecular formula is C9H8Cl2O. The fourth-order valence-corrected chi connectivity index (χ4v) is 1.84. The number of halogens is 2. The topological polar surface area (TPSA) is 20.2 Å². The van der Waals surface area contributed by atoms with Crippen LogP contribution in [-0.2, 0) is 5.60 Å². The van der Waals surface area contributed by atoms with Gasteiger partial charge in [-0.2, -0.15) is 0 Å². The molecule has 0 saturated heterocycles. The fourth-order valence-electron chi connectivity index (χ4n) is 1.25. The zero-order valence-corrected chi connectivity index (χ0v) is 7.86. The molecule has 0 radical (unpaired) electrons. The molecule has 0 amide bonds. The predicted molar refractivity (Wildman–Crippen MR) is 49.6 cm³/mol. The van der Waals surface area contributed by atoms with E-state index in [1.54, 1.807) is 18.2 Å². The molecule has 1 nitrogen and oxygen atoms in total. The molecule has 1 saturated carbocycles. The molecule has 1 aliphatic carbocycles. The summed E-state index contributed by atoms with van der Waals surface area (Å²) in [6, 6.07) is 5.20. The SMILES string of the molecule is OC1(c2ccc(Cl)cc2Cl)CC1. The van der Waals surface area contributed by atoms with Crippen molar-refractivity contribution >= 4 is 23.2 Å². The number of hydrogen-bond acceptors (Lipinski definition) is 1. The van der Waals surface area contributed by atoms with Crippen molar-refractivity contribution in [3.8, 4) is 0 Å². The van der Waals surface area contributed by atoms with Crippen LogP contribution in [0.5, 0.6) is 0 Å². The first-order valence-corrected chi connectivity index (χ1v) is 4.55. The van der Waals surface area contributed by atoms with Gasteiger partial charge in [0.1, 0.15) is 0 Å². The van der Waals surface area contributed by atoms with Crippen LogP contribution < -0.4 is 0 Å². The molecule has 3 heteroatoms. The van der Waals surface area contributed by atoms with E-state index in [1.165, 1.54) is 0 Å².